The molecule has 0 spiro atoms. The predicted molar refractivity (Wildman–Crippen MR) is 61.5 cm³/mol. The molecule has 2 atom stereocenters. The molecule has 2 unspecified atom stereocenters. The number of carboxylic acid groups (broad SMARTS) is 1. The van der Waals surface area contributed by atoms with Crippen molar-refractivity contribution in [3.63, 3.8) is 0 Å². The van der Waals surface area contributed by atoms with Gasteiger partial charge in [-0.2, -0.15) is 0 Å². The fourth-order valence-corrected chi connectivity index (χ4v) is 3.13. The number of carboxylic acids is 1. The van der Waals surface area contributed by atoms with Crippen LogP contribution in [0.15, 0.2) is 24.3 Å². The van der Waals surface area contributed by atoms with E-state index >= 15 is 0 Å². The summed E-state index contributed by atoms with van der Waals surface area (Å²) in [7, 11) is 0. The van der Waals surface area contributed by atoms with E-state index in [1.54, 1.807) is 0 Å². The van der Waals surface area contributed by atoms with Gasteiger partial charge in [0.2, 0.25) is 0 Å². The number of hydrogen-bond donors (Lipinski definition) is 1. The predicted octanol–water partition coefficient (Wildman–Crippen LogP) is 3.14. The Morgan fingerprint density at radius 3 is 2.56 bits per heavy atom. The zero-order valence-electron chi connectivity index (χ0n) is 9.23. The first-order chi connectivity index (χ1) is 7.75. The van der Waals surface area contributed by atoms with Gasteiger partial charge in [0.1, 0.15) is 0 Å². The van der Waals surface area contributed by atoms with Crippen molar-refractivity contribution in [2.75, 3.05) is 0 Å². The highest BCUT2D eigenvalue weighted by atomic mass is 16.4. The first-order valence-corrected chi connectivity index (χ1v) is 6.06. The first kappa shape index (κ1) is 9.88. The van der Waals surface area contributed by atoms with Crippen molar-refractivity contribution in [2.45, 2.75) is 37.5 Å². The van der Waals surface area contributed by atoms with Crippen LogP contribution in [0.25, 0.3) is 0 Å². The Hall–Kier alpha value is -1.31. The van der Waals surface area contributed by atoms with E-state index < -0.39 is 5.97 Å². The van der Waals surface area contributed by atoms with Crippen molar-refractivity contribution >= 4 is 5.97 Å². The van der Waals surface area contributed by atoms with Gasteiger partial charge in [-0.15, -0.1) is 0 Å². The number of rotatable bonds is 3. The molecule has 1 N–H and O–H groups in total. The normalized spacial score (nSPS) is 27.8. The monoisotopic (exact) mass is 216 g/mol. The molecule has 2 heteroatoms. The average molecular weight is 216 g/mol. The smallest absolute Gasteiger partial charge is 0.303 e. The van der Waals surface area contributed by atoms with E-state index in [1.807, 2.05) is 6.07 Å². The largest absolute Gasteiger partial charge is 0.481 e. The van der Waals surface area contributed by atoms with Crippen molar-refractivity contribution in [2.24, 2.45) is 5.92 Å². The maximum Gasteiger partial charge on any atom is 0.303 e. The molecular weight excluding hydrogens is 200 g/mol. The second-order valence-corrected chi connectivity index (χ2v) is 5.10. The summed E-state index contributed by atoms with van der Waals surface area (Å²) in [6, 6.07) is 8.42. The Balaban J connectivity index is 1.91. The molecule has 0 saturated heterocycles. The molecule has 0 aromatic heterocycles. The van der Waals surface area contributed by atoms with Crippen LogP contribution in [-0.4, -0.2) is 11.1 Å². The lowest BCUT2D eigenvalue weighted by Gasteiger charge is -2.09. The molecule has 2 aliphatic rings. The molecular formula is C14H16O2. The van der Waals surface area contributed by atoms with E-state index in [9.17, 15) is 4.79 Å². The highest BCUT2D eigenvalue weighted by Gasteiger charge is 2.40. The van der Waals surface area contributed by atoms with Gasteiger partial charge in [-0.1, -0.05) is 24.3 Å². The van der Waals surface area contributed by atoms with Crippen LogP contribution in [0, 0.1) is 5.92 Å². The third-order valence-electron chi connectivity index (χ3n) is 3.99. The Bertz CT molecular complexity index is 420. The van der Waals surface area contributed by atoms with Crippen LogP contribution < -0.4 is 0 Å². The molecule has 3 rings (SSSR count). The minimum atomic E-state index is -0.670. The van der Waals surface area contributed by atoms with Crippen LogP contribution in [0.1, 0.15) is 48.6 Å². The second-order valence-electron chi connectivity index (χ2n) is 5.10. The summed E-state index contributed by atoms with van der Waals surface area (Å²) < 4.78 is 0. The summed E-state index contributed by atoms with van der Waals surface area (Å²) in [6.07, 6.45) is 4.01. The van der Waals surface area contributed by atoms with Crippen LogP contribution in [0.2, 0.25) is 0 Å². The Labute approximate surface area is 95.3 Å². The van der Waals surface area contributed by atoms with Gasteiger partial charge < -0.3 is 5.11 Å². The quantitative estimate of drug-likeness (QED) is 0.842. The summed E-state index contributed by atoms with van der Waals surface area (Å²) in [5.41, 5.74) is 2.72. The van der Waals surface area contributed by atoms with Crippen molar-refractivity contribution in [3.05, 3.63) is 35.4 Å². The van der Waals surface area contributed by atoms with Crippen molar-refractivity contribution in [1.29, 1.82) is 0 Å². The molecule has 2 aliphatic carbocycles. The van der Waals surface area contributed by atoms with Crippen LogP contribution in [0.3, 0.4) is 0 Å². The van der Waals surface area contributed by atoms with Crippen LogP contribution in [0.5, 0.6) is 0 Å². The lowest BCUT2D eigenvalue weighted by Crippen LogP contribution is -2.03. The molecule has 16 heavy (non-hydrogen) atoms. The Kier molecular flexibility index (Phi) is 2.23. The number of fused-ring (bicyclic) bond motifs is 1. The van der Waals surface area contributed by atoms with E-state index in [0.717, 1.165) is 12.3 Å². The maximum absolute atomic E-state index is 10.9. The summed E-state index contributed by atoms with van der Waals surface area (Å²) in [5, 5.41) is 8.94. The SMILES string of the molecule is O=C(O)CC1CC(C2CC2)c2ccccc21. The summed E-state index contributed by atoms with van der Waals surface area (Å²) in [6.45, 7) is 0. The minimum absolute atomic E-state index is 0.249. The zero-order chi connectivity index (χ0) is 11.1. The van der Waals surface area contributed by atoms with Gasteiger partial charge in [0.15, 0.2) is 0 Å². The van der Waals surface area contributed by atoms with Gasteiger partial charge in [-0.3, -0.25) is 4.79 Å². The minimum Gasteiger partial charge on any atom is -0.481 e. The number of carbonyl (C=O) groups is 1. The van der Waals surface area contributed by atoms with Crippen LogP contribution in [0.4, 0.5) is 0 Å². The van der Waals surface area contributed by atoms with E-state index in [4.69, 9.17) is 5.11 Å². The van der Waals surface area contributed by atoms with Gasteiger partial charge in [0, 0.05) is 0 Å². The first-order valence-electron chi connectivity index (χ1n) is 6.06. The van der Waals surface area contributed by atoms with E-state index in [-0.39, 0.29) is 5.92 Å². The average Bonchev–Trinajstić information content (AvgIpc) is 3.03. The lowest BCUT2D eigenvalue weighted by atomic mass is 9.95. The van der Waals surface area contributed by atoms with Gasteiger partial charge in [-0.25, -0.2) is 0 Å². The molecule has 0 bridgehead atoms. The molecule has 1 aromatic carbocycles. The van der Waals surface area contributed by atoms with Crippen molar-refractivity contribution in [3.8, 4) is 0 Å². The highest BCUT2D eigenvalue weighted by molar-refractivity contribution is 5.68. The molecule has 84 valence electrons. The third-order valence-corrected chi connectivity index (χ3v) is 3.99. The van der Waals surface area contributed by atoms with Gasteiger partial charge >= 0.3 is 5.97 Å². The highest BCUT2D eigenvalue weighted by Crippen LogP contribution is 2.53. The van der Waals surface area contributed by atoms with Crippen molar-refractivity contribution < 1.29 is 9.90 Å². The zero-order valence-corrected chi connectivity index (χ0v) is 9.23. The van der Waals surface area contributed by atoms with Crippen LogP contribution >= 0.6 is 0 Å². The van der Waals surface area contributed by atoms with Gasteiger partial charge in [0.25, 0.3) is 0 Å². The standard InChI is InChI=1S/C14H16O2/c15-14(16)8-10-7-13(9-5-6-9)12-4-2-1-3-11(10)12/h1-4,9-10,13H,5-8H2,(H,15,16). The molecule has 1 saturated carbocycles. The van der Waals surface area contributed by atoms with E-state index in [0.29, 0.717) is 12.3 Å². The fraction of sp³-hybridized carbons (Fsp3) is 0.500. The molecule has 0 heterocycles. The van der Waals surface area contributed by atoms with Crippen LogP contribution in [-0.2, 0) is 4.79 Å². The Morgan fingerprint density at radius 1 is 1.25 bits per heavy atom. The number of hydrogen-bond acceptors (Lipinski definition) is 1. The Morgan fingerprint density at radius 2 is 1.94 bits per heavy atom. The number of benzene rings is 1. The molecule has 2 nitrogen and oxygen atoms in total. The maximum atomic E-state index is 10.9. The molecule has 0 aliphatic heterocycles. The van der Waals surface area contributed by atoms with Gasteiger partial charge in [0.05, 0.1) is 6.42 Å². The molecule has 0 amide bonds. The summed E-state index contributed by atoms with van der Waals surface area (Å²) in [5.74, 6) is 1.05. The fourth-order valence-electron chi connectivity index (χ4n) is 3.13. The topological polar surface area (TPSA) is 37.3 Å². The number of aliphatic carboxylic acids is 1. The van der Waals surface area contributed by atoms with Crippen molar-refractivity contribution in [1.82, 2.24) is 0 Å². The molecule has 1 fully saturated rings. The summed E-state index contributed by atoms with van der Waals surface area (Å²) >= 11 is 0. The van der Waals surface area contributed by atoms with E-state index in [1.165, 1.54) is 24.0 Å². The van der Waals surface area contributed by atoms with E-state index in [2.05, 4.69) is 18.2 Å². The lowest BCUT2D eigenvalue weighted by molar-refractivity contribution is -0.137. The summed E-state index contributed by atoms with van der Waals surface area (Å²) in [4.78, 5) is 10.9. The second kappa shape index (κ2) is 3.62. The molecule has 1 aromatic rings. The molecule has 0 radical (unpaired) electrons. The van der Waals surface area contributed by atoms with Gasteiger partial charge in [-0.05, 0) is 48.1 Å². The third kappa shape index (κ3) is 1.62.